The molecule has 2 fully saturated rings. The standard InChI is InChI=1S/C19H22N4/c20-14-16-13-15-5-1-4-8-18(15)21-19(16)23-11-9-22(10-12-23)17-6-2-3-7-17/h1,4-5,8,13,17H,2-3,6-7,9-12H2. The zero-order valence-corrected chi connectivity index (χ0v) is 13.4. The molecule has 0 unspecified atom stereocenters. The fraction of sp³-hybridized carbons (Fsp3) is 0.474. The largest absolute Gasteiger partial charge is 0.353 e. The van der Waals surface area contributed by atoms with Crippen molar-refractivity contribution in [1.29, 1.82) is 5.26 Å². The average Bonchev–Trinajstić information content (AvgIpc) is 3.15. The Labute approximate surface area is 137 Å². The Bertz CT molecular complexity index is 735. The quantitative estimate of drug-likeness (QED) is 0.855. The third-order valence-electron chi connectivity index (χ3n) is 5.28. The average molecular weight is 306 g/mol. The summed E-state index contributed by atoms with van der Waals surface area (Å²) in [6.45, 7) is 4.11. The number of benzene rings is 1. The van der Waals surface area contributed by atoms with E-state index < -0.39 is 0 Å². The van der Waals surface area contributed by atoms with Crippen molar-refractivity contribution >= 4 is 16.7 Å². The molecule has 4 rings (SSSR count). The van der Waals surface area contributed by atoms with Crippen LogP contribution in [-0.2, 0) is 0 Å². The van der Waals surface area contributed by atoms with Crippen molar-refractivity contribution in [3.8, 4) is 6.07 Å². The minimum Gasteiger partial charge on any atom is -0.353 e. The van der Waals surface area contributed by atoms with Crippen LogP contribution in [0.15, 0.2) is 30.3 Å². The Kier molecular flexibility index (Phi) is 3.88. The van der Waals surface area contributed by atoms with Crippen molar-refractivity contribution in [2.75, 3.05) is 31.1 Å². The molecule has 2 aliphatic rings. The van der Waals surface area contributed by atoms with E-state index in [0.29, 0.717) is 5.56 Å². The second-order valence-corrected chi connectivity index (χ2v) is 6.63. The molecule has 1 saturated carbocycles. The van der Waals surface area contributed by atoms with Crippen molar-refractivity contribution in [2.24, 2.45) is 0 Å². The van der Waals surface area contributed by atoms with Crippen molar-refractivity contribution in [1.82, 2.24) is 9.88 Å². The van der Waals surface area contributed by atoms with Crippen LogP contribution in [0.4, 0.5) is 5.82 Å². The Morgan fingerprint density at radius 2 is 1.78 bits per heavy atom. The Balaban J connectivity index is 1.56. The number of aromatic nitrogens is 1. The first-order chi connectivity index (χ1) is 11.3. The third kappa shape index (κ3) is 2.77. The SMILES string of the molecule is N#Cc1cc2ccccc2nc1N1CCN(C2CCCC2)CC1. The molecule has 0 bridgehead atoms. The summed E-state index contributed by atoms with van der Waals surface area (Å²) in [6, 6.07) is 13.1. The van der Waals surface area contributed by atoms with E-state index in [2.05, 4.69) is 15.9 Å². The van der Waals surface area contributed by atoms with Crippen LogP contribution in [0.3, 0.4) is 0 Å². The lowest BCUT2D eigenvalue weighted by Gasteiger charge is -2.38. The van der Waals surface area contributed by atoms with E-state index in [1.54, 1.807) is 0 Å². The smallest absolute Gasteiger partial charge is 0.147 e. The summed E-state index contributed by atoms with van der Waals surface area (Å²) in [4.78, 5) is 9.70. The summed E-state index contributed by atoms with van der Waals surface area (Å²) >= 11 is 0. The summed E-state index contributed by atoms with van der Waals surface area (Å²) in [5, 5.41) is 10.5. The van der Waals surface area contributed by atoms with Crippen molar-refractivity contribution in [3.05, 3.63) is 35.9 Å². The maximum Gasteiger partial charge on any atom is 0.147 e. The van der Waals surface area contributed by atoms with E-state index in [1.165, 1.54) is 25.7 Å². The number of rotatable bonds is 2. The van der Waals surface area contributed by atoms with E-state index in [0.717, 1.165) is 48.9 Å². The van der Waals surface area contributed by atoms with Crippen molar-refractivity contribution in [3.63, 3.8) is 0 Å². The summed E-state index contributed by atoms with van der Waals surface area (Å²) in [7, 11) is 0. The molecule has 4 heteroatoms. The van der Waals surface area contributed by atoms with Gasteiger partial charge >= 0.3 is 0 Å². The fourth-order valence-corrected chi connectivity index (χ4v) is 4.00. The number of nitriles is 1. The molecule has 1 aliphatic carbocycles. The normalized spacial score (nSPS) is 20.0. The van der Waals surface area contributed by atoms with Gasteiger partial charge in [-0.05, 0) is 25.0 Å². The van der Waals surface area contributed by atoms with Crippen LogP contribution in [0.1, 0.15) is 31.2 Å². The molecule has 4 nitrogen and oxygen atoms in total. The molecule has 0 amide bonds. The molecule has 1 aliphatic heterocycles. The number of anilines is 1. The van der Waals surface area contributed by atoms with E-state index in [9.17, 15) is 5.26 Å². The van der Waals surface area contributed by atoms with Gasteiger partial charge < -0.3 is 4.90 Å². The molecular weight excluding hydrogens is 284 g/mol. The molecule has 1 aromatic heterocycles. The lowest BCUT2D eigenvalue weighted by Crippen LogP contribution is -2.50. The highest BCUT2D eigenvalue weighted by Crippen LogP contribution is 2.27. The van der Waals surface area contributed by atoms with Gasteiger partial charge in [-0.1, -0.05) is 31.0 Å². The zero-order valence-electron chi connectivity index (χ0n) is 13.4. The first-order valence-corrected chi connectivity index (χ1v) is 8.64. The Hall–Kier alpha value is -2.12. The van der Waals surface area contributed by atoms with Crippen LogP contribution in [0, 0.1) is 11.3 Å². The van der Waals surface area contributed by atoms with Gasteiger partial charge in [0.25, 0.3) is 0 Å². The van der Waals surface area contributed by atoms with Gasteiger partial charge in [-0.3, -0.25) is 4.90 Å². The number of nitrogens with zero attached hydrogens (tertiary/aromatic N) is 4. The molecular formula is C19H22N4. The van der Waals surface area contributed by atoms with E-state index in [-0.39, 0.29) is 0 Å². The third-order valence-corrected chi connectivity index (χ3v) is 5.28. The van der Waals surface area contributed by atoms with Gasteiger partial charge in [-0.2, -0.15) is 5.26 Å². The predicted octanol–water partition coefficient (Wildman–Crippen LogP) is 3.17. The lowest BCUT2D eigenvalue weighted by molar-refractivity contribution is 0.187. The zero-order chi connectivity index (χ0) is 15.6. The molecule has 0 radical (unpaired) electrons. The predicted molar refractivity (Wildman–Crippen MR) is 92.5 cm³/mol. The second kappa shape index (κ2) is 6.17. The fourth-order valence-electron chi connectivity index (χ4n) is 4.00. The van der Waals surface area contributed by atoms with E-state index in [1.807, 2.05) is 30.3 Å². The molecule has 0 atom stereocenters. The molecule has 23 heavy (non-hydrogen) atoms. The van der Waals surface area contributed by atoms with Crippen LogP contribution in [-0.4, -0.2) is 42.1 Å². The maximum atomic E-state index is 9.51. The monoisotopic (exact) mass is 306 g/mol. The summed E-state index contributed by atoms with van der Waals surface area (Å²) in [5.74, 6) is 0.859. The van der Waals surface area contributed by atoms with Crippen LogP contribution in [0.2, 0.25) is 0 Å². The van der Waals surface area contributed by atoms with Gasteiger partial charge in [0.2, 0.25) is 0 Å². The molecule has 2 aromatic rings. The maximum absolute atomic E-state index is 9.51. The van der Waals surface area contributed by atoms with E-state index in [4.69, 9.17) is 4.98 Å². The highest BCUT2D eigenvalue weighted by Gasteiger charge is 2.27. The van der Waals surface area contributed by atoms with Gasteiger partial charge in [0, 0.05) is 37.6 Å². The number of fused-ring (bicyclic) bond motifs is 1. The lowest BCUT2D eigenvalue weighted by atomic mass is 10.1. The number of para-hydroxylation sites is 1. The van der Waals surface area contributed by atoms with E-state index >= 15 is 0 Å². The van der Waals surface area contributed by atoms with Crippen LogP contribution in [0.5, 0.6) is 0 Å². The van der Waals surface area contributed by atoms with Crippen LogP contribution >= 0.6 is 0 Å². The molecule has 118 valence electrons. The highest BCUT2D eigenvalue weighted by atomic mass is 15.3. The number of hydrogen-bond donors (Lipinski definition) is 0. The first kappa shape index (κ1) is 14.5. The minimum atomic E-state index is 0.693. The van der Waals surface area contributed by atoms with Gasteiger partial charge in [0.1, 0.15) is 11.9 Å². The molecule has 0 N–H and O–H groups in total. The van der Waals surface area contributed by atoms with Crippen LogP contribution in [0.25, 0.3) is 10.9 Å². The number of hydrogen-bond acceptors (Lipinski definition) is 4. The van der Waals surface area contributed by atoms with Gasteiger partial charge in [0.05, 0.1) is 11.1 Å². The van der Waals surface area contributed by atoms with Gasteiger partial charge in [0.15, 0.2) is 0 Å². The molecule has 0 spiro atoms. The summed E-state index contributed by atoms with van der Waals surface area (Å²) < 4.78 is 0. The molecule has 1 saturated heterocycles. The first-order valence-electron chi connectivity index (χ1n) is 8.64. The Morgan fingerprint density at radius 1 is 1.04 bits per heavy atom. The highest BCUT2D eigenvalue weighted by molar-refractivity contribution is 5.83. The molecule has 2 heterocycles. The number of pyridine rings is 1. The van der Waals surface area contributed by atoms with Crippen LogP contribution < -0.4 is 4.90 Å². The number of piperazine rings is 1. The Morgan fingerprint density at radius 3 is 2.52 bits per heavy atom. The van der Waals surface area contributed by atoms with Crippen molar-refractivity contribution in [2.45, 2.75) is 31.7 Å². The minimum absolute atomic E-state index is 0.693. The van der Waals surface area contributed by atoms with Gasteiger partial charge in [-0.25, -0.2) is 4.98 Å². The molecule has 1 aromatic carbocycles. The summed E-state index contributed by atoms with van der Waals surface area (Å²) in [6.07, 6.45) is 5.49. The van der Waals surface area contributed by atoms with Gasteiger partial charge in [-0.15, -0.1) is 0 Å². The second-order valence-electron chi connectivity index (χ2n) is 6.63. The topological polar surface area (TPSA) is 43.2 Å². The van der Waals surface area contributed by atoms with Crippen molar-refractivity contribution < 1.29 is 0 Å². The summed E-state index contributed by atoms with van der Waals surface area (Å²) in [5.41, 5.74) is 1.66.